The highest BCUT2D eigenvalue weighted by atomic mass is 16.5. The second kappa shape index (κ2) is 12.4. The summed E-state index contributed by atoms with van der Waals surface area (Å²) in [5.41, 5.74) is 9.56. The number of nitrogens with one attached hydrogen (secondary N) is 4. The van der Waals surface area contributed by atoms with Crippen LogP contribution in [-0.4, -0.2) is 76.4 Å². The van der Waals surface area contributed by atoms with E-state index in [2.05, 4.69) is 30.8 Å². The number of nitrogens with zero attached hydrogens (tertiary/aromatic N) is 4. The number of hydrogen-bond donors (Lipinski definition) is 5. The highest BCUT2D eigenvalue weighted by molar-refractivity contribution is 6.17. The summed E-state index contributed by atoms with van der Waals surface area (Å²) in [6.45, 7) is 4.35. The van der Waals surface area contributed by atoms with Crippen molar-refractivity contribution in [2.24, 2.45) is 7.05 Å². The average molecular weight is 582 g/mol. The minimum absolute atomic E-state index is 0.181. The number of carbonyl (C=O) groups excluding carboxylic acids is 1. The molecule has 3 heterocycles. The minimum Gasteiger partial charge on any atom is -0.495 e. The summed E-state index contributed by atoms with van der Waals surface area (Å²) in [4.78, 5) is 24.5. The molecular formula is C32H39N9O2. The number of methoxy groups -OCH3 is 1. The lowest BCUT2D eigenvalue weighted by molar-refractivity contribution is 0.101. The molecule has 2 fully saturated rings. The summed E-state index contributed by atoms with van der Waals surface area (Å²) in [6.07, 6.45) is 5.77. The van der Waals surface area contributed by atoms with Crippen LogP contribution in [0.1, 0.15) is 47.3 Å². The molecule has 1 aliphatic carbocycles. The zero-order chi connectivity index (χ0) is 29.9. The van der Waals surface area contributed by atoms with Gasteiger partial charge >= 0.3 is 0 Å². The maximum absolute atomic E-state index is 13.2. The maximum atomic E-state index is 13.2. The lowest BCUT2D eigenvalue weighted by Crippen LogP contribution is -2.50. The van der Waals surface area contributed by atoms with Crippen molar-refractivity contribution in [3.63, 3.8) is 0 Å². The van der Waals surface area contributed by atoms with Crippen molar-refractivity contribution < 1.29 is 9.53 Å². The third-order valence-corrected chi connectivity index (χ3v) is 8.75. The number of aromatic nitrogens is 3. The topological polar surface area (TPSA) is 146 Å². The number of amides is 1. The Morgan fingerprint density at radius 1 is 1.07 bits per heavy atom. The van der Waals surface area contributed by atoms with Gasteiger partial charge in [0.05, 0.1) is 24.1 Å². The van der Waals surface area contributed by atoms with E-state index >= 15 is 0 Å². The minimum atomic E-state index is -0.251. The summed E-state index contributed by atoms with van der Waals surface area (Å²) in [7, 11) is 3.41. The molecule has 0 spiro atoms. The van der Waals surface area contributed by atoms with E-state index < -0.39 is 0 Å². The van der Waals surface area contributed by atoms with Gasteiger partial charge in [-0.25, -0.2) is 9.97 Å². The van der Waals surface area contributed by atoms with Crippen molar-refractivity contribution in [3.05, 3.63) is 71.7 Å². The molecule has 1 saturated carbocycles. The van der Waals surface area contributed by atoms with E-state index in [4.69, 9.17) is 15.9 Å². The number of nitrogen functional groups attached to an aromatic ring is 1. The predicted molar refractivity (Wildman–Crippen MR) is 170 cm³/mol. The molecule has 0 atom stereocenters. The summed E-state index contributed by atoms with van der Waals surface area (Å²) in [5, 5.41) is 20.0. The molecule has 224 valence electrons. The van der Waals surface area contributed by atoms with Crippen LogP contribution in [0.25, 0.3) is 10.9 Å². The van der Waals surface area contributed by atoms with Gasteiger partial charge in [0.15, 0.2) is 0 Å². The van der Waals surface area contributed by atoms with E-state index in [-0.39, 0.29) is 23.5 Å². The molecule has 1 amide bonds. The van der Waals surface area contributed by atoms with Crippen LogP contribution in [0.15, 0.2) is 54.9 Å². The van der Waals surface area contributed by atoms with Gasteiger partial charge < -0.3 is 31.0 Å². The Kier molecular flexibility index (Phi) is 8.26. The largest absolute Gasteiger partial charge is 0.495 e. The van der Waals surface area contributed by atoms with Crippen LogP contribution in [0.2, 0.25) is 0 Å². The number of benzene rings is 2. The van der Waals surface area contributed by atoms with Gasteiger partial charge in [0, 0.05) is 61.8 Å². The SMILES string of the molecule is COc1cc(C(=N)c2c(N)ncnc2NC2CCC(N3CCNCC3)CC2)ccc1NC(=O)c1cc2ccccc2n1C. The lowest BCUT2D eigenvalue weighted by Gasteiger charge is -2.39. The van der Waals surface area contributed by atoms with E-state index in [1.54, 1.807) is 25.3 Å². The van der Waals surface area contributed by atoms with E-state index in [1.165, 1.54) is 6.33 Å². The zero-order valence-corrected chi connectivity index (χ0v) is 24.7. The fourth-order valence-corrected chi connectivity index (χ4v) is 6.37. The zero-order valence-electron chi connectivity index (χ0n) is 24.7. The maximum Gasteiger partial charge on any atom is 0.272 e. The number of para-hydroxylation sites is 1. The van der Waals surface area contributed by atoms with Gasteiger partial charge in [0.1, 0.15) is 29.4 Å². The lowest BCUT2D eigenvalue weighted by atomic mass is 9.89. The Labute approximate surface area is 251 Å². The standard InChI is InChI=1S/C32H39N9O2/c1-40-25-6-4-3-5-20(25)17-26(40)32(42)39-24-12-7-21(18-27(24)43-2)29(33)28-30(34)36-19-37-31(28)38-22-8-10-23(11-9-22)41-15-13-35-14-16-41/h3-7,12,17-19,22-23,33,35H,8-11,13-16H2,1-2H3,(H,39,42)(H3,34,36,37,38). The molecular weight excluding hydrogens is 542 g/mol. The Morgan fingerprint density at radius 2 is 1.84 bits per heavy atom. The van der Waals surface area contributed by atoms with Crippen LogP contribution >= 0.6 is 0 Å². The van der Waals surface area contributed by atoms with Gasteiger partial charge in [0.25, 0.3) is 5.91 Å². The number of nitrogens with two attached hydrogens (primary N) is 1. The first-order valence-corrected chi connectivity index (χ1v) is 14.9. The van der Waals surface area contributed by atoms with Crippen LogP contribution in [-0.2, 0) is 7.05 Å². The number of hydrogen-bond acceptors (Lipinski definition) is 9. The fraction of sp³-hybridized carbons (Fsp3) is 0.375. The van der Waals surface area contributed by atoms with Gasteiger partial charge in [-0.2, -0.15) is 0 Å². The molecule has 0 bridgehead atoms. The fourth-order valence-electron chi connectivity index (χ4n) is 6.37. The average Bonchev–Trinajstić information content (AvgIpc) is 3.38. The quantitative estimate of drug-likeness (QED) is 0.197. The molecule has 1 saturated heterocycles. The molecule has 11 heteroatoms. The van der Waals surface area contributed by atoms with Gasteiger partial charge in [0.2, 0.25) is 0 Å². The normalized spacial score (nSPS) is 19.2. The molecule has 1 aliphatic heterocycles. The van der Waals surface area contributed by atoms with Crippen molar-refractivity contribution in [2.75, 3.05) is 49.7 Å². The molecule has 0 radical (unpaired) electrons. The molecule has 11 nitrogen and oxygen atoms in total. The second-order valence-corrected chi connectivity index (χ2v) is 11.3. The number of ether oxygens (including phenoxy) is 1. The van der Waals surface area contributed by atoms with Crippen molar-refractivity contribution >= 4 is 39.8 Å². The third kappa shape index (κ3) is 5.91. The van der Waals surface area contributed by atoms with Crippen molar-refractivity contribution in [2.45, 2.75) is 37.8 Å². The Hall–Kier alpha value is -4.48. The van der Waals surface area contributed by atoms with Crippen LogP contribution in [0.4, 0.5) is 17.3 Å². The number of rotatable bonds is 8. The predicted octanol–water partition coefficient (Wildman–Crippen LogP) is 3.86. The van der Waals surface area contributed by atoms with E-state index in [0.29, 0.717) is 40.1 Å². The second-order valence-electron chi connectivity index (χ2n) is 11.3. The smallest absolute Gasteiger partial charge is 0.272 e. The molecule has 2 aromatic heterocycles. The number of fused-ring (bicyclic) bond motifs is 1. The third-order valence-electron chi connectivity index (χ3n) is 8.75. The molecule has 6 rings (SSSR count). The van der Waals surface area contributed by atoms with Crippen molar-refractivity contribution in [3.8, 4) is 5.75 Å². The first-order chi connectivity index (χ1) is 20.9. The van der Waals surface area contributed by atoms with E-state index in [1.807, 2.05) is 41.9 Å². The van der Waals surface area contributed by atoms with E-state index in [9.17, 15) is 4.79 Å². The number of anilines is 3. The van der Waals surface area contributed by atoms with E-state index in [0.717, 1.165) is 62.8 Å². The molecule has 4 aromatic rings. The van der Waals surface area contributed by atoms with Gasteiger partial charge in [-0.05, 0) is 49.9 Å². The van der Waals surface area contributed by atoms with Crippen molar-refractivity contribution in [1.82, 2.24) is 24.8 Å². The molecule has 6 N–H and O–H groups in total. The van der Waals surface area contributed by atoms with Crippen LogP contribution in [0.5, 0.6) is 5.75 Å². The Balaban J connectivity index is 1.17. The van der Waals surface area contributed by atoms with Crippen LogP contribution in [0.3, 0.4) is 0 Å². The Morgan fingerprint density at radius 3 is 2.58 bits per heavy atom. The molecule has 2 aliphatic rings. The number of aryl methyl sites for hydroxylation is 1. The van der Waals surface area contributed by atoms with Crippen LogP contribution in [0, 0.1) is 5.41 Å². The summed E-state index contributed by atoms with van der Waals surface area (Å²) >= 11 is 0. The first-order valence-electron chi connectivity index (χ1n) is 14.9. The molecule has 2 aromatic carbocycles. The summed E-state index contributed by atoms with van der Waals surface area (Å²) < 4.78 is 7.50. The van der Waals surface area contributed by atoms with Gasteiger partial charge in [-0.3, -0.25) is 15.1 Å². The number of piperazine rings is 1. The monoisotopic (exact) mass is 581 g/mol. The summed E-state index contributed by atoms with van der Waals surface area (Å²) in [6, 6.07) is 15.9. The highest BCUT2D eigenvalue weighted by Crippen LogP contribution is 2.31. The highest BCUT2D eigenvalue weighted by Gasteiger charge is 2.28. The van der Waals surface area contributed by atoms with Crippen molar-refractivity contribution in [1.29, 1.82) is 5.41 Å². The molecule has 43 heavy (non-hydrogen) atoms. The van der Waals surface area contributed by atoms with Gasteiger partial charge in [-0.15, -0.1) is 0 Å². The number of carbonyl (C=O) groups is 1. The van der Waals surface area contributed by atoms with Crippen LogP contribution < -0.4 is 26.4 Å². The Bertz CT molecular complexity index is 1640. The molecule has 0 unspecified atom stereocenters. The summed E-state index contributed by atoms with van der Waals surface area (Å²) in [5.74, 6) is 0.989. The first kappa shape index (κ1) is 28.6. The van der Waals surface area contributed by atoms with Gasteiger partial charge in [-0.1, -0.05) is 24.3 Å².